The lowest BCUT2D eigenvalue weighted by Gasteiger charge is -2.51. The van der Waals surface area contributed by atoms with Crippen LogP contribution in [0, 0.1) is 5.41 Å². The highest BCUT2D eigenvalue weighted by molar-refractivity contribution is 7.89. The zero-order chi connectivity index (χ0) is 15.5. The third-order valence-corrected chi connectivity index (χ3v) is 6.12. The molecule has 2 atom stereocenters. The van der Waals surface area contributed by atoms with Crippen molar-refractivity contribution in [1.29, 1.82) is 0 Å². The topological polar surface area (TPSA) is 70.7 Å². The summed E-state index contributed by atoms with van der Waals surface area (Å²) in [5.41, 5.74) is -0.127. The van der Waals surface area contributed by atoms with Gasteiger partial charge in [-0.25, -0.2) is 13.1 Å². The average molecular weight is 319 g/mol. The molecule has 0 aromatic rings. The van der Waals surface area contributed by atoms with Crippen molar-refractivity contribution >= 4 is 10.0 Å². The Labute approximate surface area is 128 Å². The second-order valence-electron chi connectivity index (χ2n) is 6.58. The summed E-state index contributed by atoms with van der Waals surface area (Å²) in [6.45, 7) is 11.1. The molecule has 0 radical (unpaired) electrons. The third-order valence-electron chi connectivity index (χ3n) is 4.75. The minimum atomic E-state index is -3.22. The first-order valence-electron chi connectivity index (χ1n) is 7.90. The molecule has 0 spiro atoms. The number of nitrogens with one attached hydrogen (secondary N) is 2. The zero-order valence-electron chi connectivity index (χ0n) is 13.4. The van der Waals surface area contributed by atoms with Crippen molar-refractivity contribution in [2.75, 3.05) is 45.1 Å². The number of hydrogen-bond donors (Lipinski definition) is 2. The number of nitrogens with zero attached hydrogens (tertiary/aromatic N) is 1. The van der Waals surface area contributed by atoms with Crippen LogP contribution in [0.4, 0.5) is 0 Å². The summed E-state index contributed by atoms with van der Waals surface area (Å²) in [5.74, 6) is 0.179. The second kappa shape index (κ2) is 6.91. The maximum Gasteiger partial charge on any atom is 0.213 e. The molecule has 6 nitrogen and oxygen atoms in total. The molecule has 0 aromatic carbocycles. The molecule has 1 saturated carbocycles. The maximum atomic E-state index is 12.2. The van der Waals surface area contributed by atoms with Crippen LogP contribution in [-0.4, -0.2) is 70.5 Å². The smallest absolute Gasteiger partial charge is 0.213 e. The largest absolute Gasteiger partial charge is 0.378 e. The third kappa shape index (κ3) is 4.39. The van der Waals surface area contributed by atoms with Crippen molar-refractivity contribution in [2.24, 2.45) is 5.41 Å². The van der Waals surface area contributed by atoms with Crippen LogP contribution in [0.5, 0.6) is 0 Å². The maximum absolute atomic E-state index is 12.2. The van der Waals surface area contributed by atoms with Gasteiger partial charge in [-0.15, -0.1) is 0 Å². The molecule has 2 N–H and O–H groups in total. The minimum absolute atomic E-state index is 0.0120. The van der Waals surface area contributed by atoms with Crippen molar-refractivity contribution < 1.29 is 13.2 Å². The van der Waals surface area contributed by atoms with Gasteiger partial charge < -0.3 is 10.1 Å². The molecule has 1 aliphatic heterocycles. The van der Waals surface area contributed by atoms with Gasteiger partial charge in [-0.3, -0.25) is 4.90 Å². The summed E-state index contributed by atoms with van der Waals surface area (Å²) < 4.78 is 33.0. The molecule has 0 amide bonds. The van der Waals surface area contributed by atoms with E-state index in [2.05, 4.69) is 28.8 Å². The van der Waals surface area contributed by atoms with Crippen molar-refractivity contribution in [3.8, 4) is 0 Å². The van der Waals surface area contributed by atoms with Crippen LogP contribution < -0.4 is 10.0 Å². The van der Waals surface area contributed by atoms with E-state index in [1.54, 1.807) is 0 Å². The van der Waals surface area contributed by atoms with Crippen molar-refractivity contribution in [2.45, 2.75) is 39.3 Å². The molecule has 2 fully saturated rings. The Morgan fingerprint density at radius 1 is 1.33 bits per heavy atom. The van der Waals surface area contributed by atoms with Gasteiger partial charge in [-0.05, 0) is 13.3 Å². The highest BCUT2D eigenvalue weighted by Crippen LogP contribution is 2.43. The summed E-state index contributed by atoms with van der Waals surface area (Å²) in [5, 5.41) is 3.27. The summed E-state index contributed by atoms with van der Waals surface area (Å²) in [4.78, 5) is 2.20. The molecule has 1 aliphatic carbocycles. The molecular formula is C14H29N3O3S. The van der Waals surface area contributed by atoms with E-state index in [4.69, 9.17) is 4.74 Å². The first kappa shape index (κ1) is 17.1. The van der Waals surface area contributed by atoms with Crippen LogP contribution in [-0.2, 0) is 14.8 Å². The Hall–Kier alpha value is -0.210. The molecule has 7 heteroatoms. The average Bonchev–Trinajstić information content (AvgIpc) is 2.45. The Bertz CT molecular complexity index is 433. The first-order valence-corrected chi connectivity index (χ1v) is 9.55. The molecule has 0 bridgehead atoms. The van der Waals surface area contributed by atoms with Crippen molar-refractivity contribution in [1.82, 2.24) is 14.9 Å². The second-order valence-corrected chi connectivity index (χ2v) is 8.46. The summed E-state index contributed by atoms with van der Waals surface area (Å²) in [7, 11) is -3.22. The van der Waals surface area contributed by atoms with E-state index in [0.717, 1.165) is 32.6 Å². The monoisotopic (exact) mass is 319 g/mol. The van der Waals surface area contributed by atoms with Crippen LogP contribution in [0.2, 0.25) is 0 Å². The molecule has 2 unspecified atom stereocenters. The van der Waals surface area contributed by atoms with E-state index >= 15 is 0 Å². The van der Waals surface area contributed by atoms with E-state index in [1.165, 1.54) is 0 Å². The van der Waals surface area contributed by atoms with Crippen molar-refractivity contribution in [3.63, 3.8) is 0 Å². The van der Waals surface area contributed by atoms with E-state index < -0.39 is 10.0 Å². The van der Waals surface area contributed by atoms with E-state index in [-0.39, 0.29) is 23.3 Å². The number of rotatable bonds is 7. The Morgan fingerprint density at radius 3 is 2.57 bits per heavy atom. The number of ether oxygens (including phenoxy) is 1. The summed E-state index contributed by atoms with van der Waals surface area (Å²) in [6, 6.07) is -0.0120. The number of sulfonamides is 1. The Balaban J connectivity index is 1.79. The molecule has 1 saturated heterocycles. The Kier molecular flexibility index (Phi) is 5.65. The molecule has 0 aromatic heterocycles. The normalized spacial score (nSPS) is 30.0. The Morgan fingerprint density at radius 2 is 2.00 bits per heavy atom. The van der Waals surface area contributed by atoms with E-state index in [1.807, 2.05) is 6.92 Å². The van der Waals surface area contributed by atoms with Gasteiger partial charge in [0.1, 0.15) is 0 Å². The van der Waals surface area contributed by atoms with Crippen molar-refractivity contribution in [3.05, 3.63) is 0 Å². The van der Waals surface area contributed by atoms with Crippen LogP contribution in [0.25, 0.3) is 0 Å². The minimum Gasteiger partial charge on any atom is -0.378 e. The first-order chi connectivity index (χ1) is 9.85. The molecule has 21 heavy (non-hydrogen) atoms. The molecule has 2 aliphatic rings. The molecule has 124 valence electrons. The highest BCUT2D eigenvalue weighted by atomic mass is 32.2. The molecule has 1 heterocycles. The fraction of sp³-hybridized carbons (Fsp3) is 1.00. The lowest BCUT2D eigenvalue weighted by molar-refractivity contribution is -0.108. The highest BCUT2D eigenvalue weighted by Gasteiger charge is 2.50. The number of piperazine rings is 1. The quantitative estimate of drug-likeness (QED) is 0.692. The van der Waals surface area contributed by atoms with Crippen LogP contribution in [0.1, 0.15) is 27.2 Å². The lowest BCUT2D eigenvalue weighted by Crippen LogP contribution is -2.62. The molecule has 2 rings (SSSR count). The van der Waals surface area contributed by atoms with Gasteiger partial charge in [0.25, 0.3) is 0 Å². The van der Waals surface area contributed by atoms with Crippen LogP contribution in [0.15, 0.2) is 0 Å². The van der Waals surface area contributed by atoms with Gasteiger partial charge in [0.15, 0.2) is 0 Å². The van der Waals surface area contributed by atoms with Crippen LogP contribution >= 0.6 is 0 Å². The van der Waals surface area contributed by atoms with Crippen LogP contribution in [0.3, 0.4) is 0 Å². The molecular weight excluding hydrogens is 290 g/mol. The fourth-order valence-corrected chi connectivity index (χ4v) is 4.48. The van der Waals surface area contributed by atoms with Gasteiger partial charge >= 0.3 is 0 Å². The lowest BCUT2D eigenvalue weighted by atomic mass is 9.65. The predicted molar refractivity (Wildman–Crippen MR) is 83.8 cm³/mol. The van der Waals surface area contributed by atoms with Gasteiger partial charge in [0, 0.05) is 50.8 Å². The van der Waals surface area contributed by atoms with Gasteiger partial charge in [-0.1, -0.05) is 13.8 Å². The van der Waals surface area contributed by atoms with Gasteiger partial charge in [-0.2, -0.15) is 0 Å². The zero-order valence-corrected chi connectivity index (χ0v) is 14.2. The van der Waals surface area contributed by atoms with Gasteiger partial charge in [0.05, 0.1) is 11.9 Å². The summed E-state index contributed by atoms with van der Waals surface area (Å²) in [6.07, 6.45) is 0.927. The van der Waals surface area contributed by atoms with E-state index in [9.17, 15) is 8.42 Å². The van der Waals surface area contributed by atoms with Gasteiger partial charge in [0.2, 0.25) is 10.0 Å². The summed E-state index contributed by atoms with van der Waals surface area (Å²) >= 11 is 0. The standard InChI is InChI=1S/C14H29N3O3S/c1-4-20-13-11-12(14(13,2)3)16-21(18,19)10-9-17-7-5-15-6-8-17/h12-13,15-16H,4-11H2,1-3H3. The SMILES string of the molecule is CCOC1CC(NS(=O)(=O)CCN2CCNCC2)C1(C)C. The predicted octanol–water partition coefficient (Wildman–Crippen LogP) is 0.0146. The van der Waals surface area contributed by atoms with E-state index in [0.29, 0.717) is 13.2 Å². The fourth-order valence-electron chi connectivity index (χ4n) is 3.03. The number of hydrogen-bond acceptors (Lipinski definition) is 5.